The third-order valence-corrected chi connectivity index (χ3v) is 4.16. The van der Waals surface area contributed by atoms with Gasteiger partial charge < -0.3 is 10.2 Å². The van der Waals surface area contributed by atoms with Crippen LogP contribution in [0.4, 0.5) is 0 Å². The molecule has 0 atom stereocenters. The highest BCUT2D eigenvalue weighted by Crippen LogP contribution is 2.47. The van der Waals surface area contributed by atoms with E-state index in [0.717, 1.165) is 12.8 Å². The third kappa shape index (κ3) is 2.49. The largest absolute Gasteiger partial charge is 0.481 e. The Morgan fingerprint density at radius 3 is 2.17 bits per heavy atom. The maximum Gasteiger partial charge on any atom is 0.310 e. The van der Waals surface area contributed by atoms with E-state index in [9.17, 15) is 14.7 Å². The number of aliphatic carboxylic acids is 2. The summed E-state index contributed by atoms with van der Waals surface area (Å²) in [6.07, 6.45) is 3.20. The molecule has 0 amide bonds. The van der Waals surface area contributed by atoms with Crippen molar-refractivity contribution in [3.05, 3.63) is 0 Å². The minimum Gasteiger partial charge on any atom is -0.481 e. The lowest BCUT2D eigenvalue weighted by Gasteiger charge is -2.44. The fourth-order valence-corrected chi connectivity index (χ4v) is 2.93. The Hall–Kier alpha value is -1.14. The van der Waals surface area contributed by atoms with E-state index in [-0.39, 0.29) is 6.42 Å². The second-order valence-electron chi connectivity index (χ2n) is 5.35. The van der Waals surface area contributed by atoms with Crippen molar-refractivity contribution in [3.63, 3.8) is 0 Å². The van der Waals surface area contributed by atoms with Crippen molar-refractivity contribution in [3.8, 4) is 0 Å². The molecule has 2 N–H and O–H groups in total. The van der Waals surface area contributed by atoms with Gasteiger partial charge in [0, 0.05) is 0 Å². The van der Waals surface area contributed by atoms with Gasteiger partial charge in [0.25, 0.3) is 0 Å². The van der Waals surface area contributed by atoms with Crippen LogP contribution in [0.25, 0.3) is 0 Å². The number of carboxylic acids is 2. The molecule has 1 heterocycles. The second kappa shape index (κ2) is 4.85. The molecule has 1 saturated heterocycles. The summed E-state index contributed by atoms with van der Waals surface area (Å²) in [5, 5.41) is 18.2. The number of rotatable bonds is 3. The zero-order valence-electron chi connectivity index (χ0n) is 10.2. The lowest BCUT2D eigenvalue weighted by atomic mass is 9.66. The fraction of sp³-hybridized carbons (Fsp3) is 0.833. The van der Waals surface area contributed by atoms with Crippen LogP contribution < -0.4 is 0 Å². The second-order valence-corrected chi connectivity index (χ2v) is 5.35. The quantitative estimate of drug-likeness (QED) is 0.747. The topological polar surface area (TPSA) is 93.1 Å². The maximum atomic E-state index is 11.3. The summed E-state index contributed by atoms with van der Waals surface area (Å²) in [6, 6.07) is 0. The molecule has 0 unspecified atom stereocenters. The Balaban J connectivity index is 2.05. The average molecular weight is 258 g/mol. The van der Waals surface area contributed by atoms with Gasteiger partial charge in [0.2, 0.25) is 0 Å². The number of carboxylic acid groups (broad SMARTS) is 2. The molecule has 18 heavy (non-hydrogen) atoms. The van der Waals surface area contributed by atoms with Gasteiger partial charge in [-0.3, -0.25) is 9.59 Å². The van der Waals surface area contributed by atoms with Gasteiger partial charge in [-0.2, -0.15) is 0 Å². The van der Waals surface area contributed by atoms with E-state index in [0.29, 0.717) is 32.3 Å². The van der Waals surface area contributed by atoms with E-state index < -0.39 is 23.0 Å². The molecule has 102 valence electrons. The van der Waals surface area contributed by atoms with Crippen LogP contribution in [-0.4, -0.2) is 34.4 Å². The number of carbonyl (C=O) groups is 2. The van der Waals surface area contributed by atoms with Gasteiger partial charge in [-0.05, 0) is 38.5 Å². The Kier molecular flexibility index (Phi) is 3.59. The molecule has 0 aromatic carbocycles. The van der Waals surface area contributed by atoms with Gasteiger partial charge in [-0.15, -0.1) is 0 Å². The van der Waals surface area contributed by atoms with Crippen molar-refractivity contribution in [1.29, 1.82) is 0 Å². The van der Waals surface area contributed by atoms with Gasteiger partial charge in [-0.1, -0.05) is 0 Å². The van der Waals surface area contributed by atoms with Gasteiger partial charge in [0.15, 0.2) is 0 Å². The first-order chi connectivity index (χ1) is 8.48. The molecule has 2 fully saturated rings. The molecule has 0 radical (unpaired) electrons. The predicted octanol–water partition coefficient (Wildman–Crippen LogP) is 1.59. The fourth-order valence-electron chi connectivity index (χ4n) is 2.93. The summed E-state index contributed by atoms with van der Waals surface area (Å²) < 4.78 is 0. The van der Waals surface area contributed by atoms with Gasteiger partial charge in [0.05, 0.1) is 18.4 Å². The zero-order valence-corrected chi connectivity index (χ0v) is 10.2. The lowest BCUT2D eigenvalue weighted by molar-refractivity contribution is -0.391. The molecule has 1 aliphatic heterocycles. The molecule has 0 aromatic heterocycles. The van der Waals surface area contributed by atoms with Crippen LogP contribution in [0.1, 0.15) is 44.9 Å². The smallest absolute Gasteiger partial charge is 0.310 e. The summed E-state index contributed by atoms with van der Waals surface area (Å²) in [4.78, 5) is 32.5. The van der Waals surface area contributed by atoms with Crippen LogP contribution >= 0.6 is 0 Å². The van der Waals surface area contributed by atoms with Gasteiger partial charge >= 0.3 is 11.9 Å². The van der Waals surface area contributed by atoms with Crippen molar-refractivity contribution in [2.75, 3.05) is 6.61 Å². The number of hydrogen-bond acceptors (Lipinski definition) is 4. The third-order valence-electron chi connectivity index (χ3n) is 4.16. The Morgan fingerprint density at radius 2 is 1.72 bits per heavy atom. The van der Waals surface area contributed by atoms with Crippen molar-refractivity contribution in [2.24, 2.45) is 5.41 Å². The summed E-state index contributed by atoms with van der Waals surface area (Å²) in [7, 11) is 0. The highest BCUT2D eigenvalue weighted by molar-refractivity contribution is 5.81. The van der Waals surface area contributed by atoms with E-state index in [4.69, 9.17) is 14.9 Å². The van der Waals surface area contributed by atoms with E-state index in [2.05, 4.69) is 0 Å². The van der Waals surface area contributed by atoms with Crippen molar-refractivity contribution >= 4 is 11.9 Å². The SMILES string of the molecule is O=C(O)CC1(C(=O)O)CCC2(CCCOO2)CC1. The molecule has 0 bridgehead atoms. The summed E-state index contributed by atoms with van der Waals surface area (Å²) in [6.45, 7) is 0.570. The molecule has 2 aliphatic rings. The predicted molar refractivity (Wildman–Crippen MR) is 59.8 cm³/mol. The maximum absolute atomic E-state index is 11.3. The van der Waals surface area contributed by atoms with E-state index in [1.54, 1.807) is 0 Å². The number of hydrogen-bond donors (Lipinski definition) is 2. The van der Waals surface area contributed by atoms with Gasteiger partial charge in [-0.25, -0.2) is 9.78 Å². The first kappa shape index (κ1) is 13.3. The molecule has 1 aliphatic carbocycles. The highest BCUT2D eigenvalue weighted by atomic mass is 17.2. The van der Waals surface area contributed by atoms with E-state index >= 15 is 0 Å². The minimum atomic E-state index is -1.14. The van der Waals surface area contributed by atoms with Crippen LogP contribution in [0.3, 0.4) is 0 Å². The van der Waals surface area contributed by atoms with Gasteiger partial charge in [0.1, 0.15) is 5.60 Å². The molecular formula is C12H18O6. The van der Waals surface area contributed by atoms with Crippen LogP contribution in [0, 0.1) is 5.41 Å². The summed E-state index contributed by atoms with van der Waals surface area (Å²) in [5.74, 6) is -2.08. The first-order valence-electron chi connectivity index (χ1n) is 6.24. The molecule has 6 heteroatoms. The minimum absolute atomic E-state index is 0.320. The van der Waals surface area contributed by atoms with E-state index in [1.165, 1.54) is 0 Å². The molecule has 1 saturated carbocycles. The monoisotopic (exact) mass is 258 g/mol. The molecular weight excluding hydrogens is 240 g/mol. The summed E-state index contributed by atoms with van der Waals surface area (Å²) in [5.41, 5.74) is -1.53. The van der Waals surface area contributed by atoms with Crippen LogP contribution in [-0.2, 0) is 19.4 Å². The van der Waals surface area contributed by atoms with Crippen molar-refractivity contribution in [2.45, 2.75) is 50.5 Å². The molecule has 2 rings (SSSR count). The Bertz CT molecular complexity index is 334. The van der Waals surface area contributed by atoms with Crippen molar-refractivity contribution < 1.29 is 29.6 Å². The van der Waals surface area contributed by atoms with Crippen molar-refractivity contribution in [1.82, 2.24) is 0 Å². The molecule has 6 nitrogen and oxygen atoms in total. The highest BCUT2D eigenvalue weighted by Gasteiger charge is 2.50. The van der Waals surface area contributed by atoms with Crippen LogP contribution in [0.15, 0.2) is 0 Å². The van der Waals surface area contributed by atoms with E-state index in [1.807, 2.05) is 0 Å². The lowest BCUT2D eigenvalue weighted by Crippen LogP contribution is -2.47. The Morgan fingerprint density at radius 1 is 1.06 bits per heavy atom. The Labute approximate surface area is 105 Å². The average Bonchev–Trinajstić information content (AvgIpc) is 2.33. The van der Waals surface area contributed by atoms with Crippen LogP contribution in [0.2, 0.25) is 0 Å². The molecule has 0 aromatic rings. The summed E-state index contributed by atoms with van der Waals surface area (Å²) >= 11 is 0. The standard InChI is InChI=1S/C12H18O6/c13-9(14)8-11(10(15)16)3-5-12(6-4-11)2-1-7-17-18-12/h1-8H2,(H,13,14)(H,15,16). The normalized spacial score (nSPS) is 36.4. The first-order valence-corrected chi connectivity index (χ1v) is 6.24. The van der Waals surface area contributed by atoms with Crippen LogP contribution in [0.5, 0.6) is 0 Å². The molecule has 1 spiro atoms. The zero-order chi connectivity index (χ0) is 13.2.